The van der Waals surface area contributed by atoms with Crippen molar-refractivity contribution in [3.05, 3.63) is 29.8 Å². The summed E-state index contributed by atoms with van der Waals surface area (Å²) in [6.07, 6.45) is -3.39. The first kappa shape index (κ1) is 16.8. The zero-order valence-electron chi connectivity index (χ0n) is 11.0. The normalized spacial score (nSPS) is 15.7. The number of sulfone groups is 1. The summed E-state index contributed by atoms with van der Waals surface area (Å²) in [7, 11) is -3.25. The first-order valence-electron chi connectivity index (χ1n) is 5.78. The molecule has 0 radical (unpaired) electrons. The van der Waals surface area contributed by atoms with Gasteiger partial charge in [0.25, 0.3) is 0 Å². The van der Waals surface area contributed by atoms with Crippen LogP contribution in [-0.2, 0) is 16.3 Å². The molecule has 0 aliphatic carbocycles. The predicted molar refractivity (Wildman–Crippen MR) is 69.1 cm³/mol. The molecule has 2 atom stereocenters. The van der Waals surface area contributed by atoms with Crippen LogP contribution in [0.2, 0.25) is 0 Å². The van der Waals surface area contributed by atoms with Crippen LogP contribution in [-0.4, -0.2) is 32.3 Å². The molecule has 0 saturated heterocycles. The van der Waals surface area contributed by atoms with Gasteiger partial charge in [-0.3, -0.25) is 0 Å². The molecule has 2 unspecified atom stereocenters. The molecule has 0 spiro atoms. The molecule has 0 aliphatic heterocycles. The van der Waals surface area contributed by atoms with E-state index >= 15 is 0 Å². The number of rotatable bonds is 5. The third kappa shape index (κ3) is 5.38. The molecule has 114 valence electrons. The van der Waals surface area contributed by atoms with Crippen molar-refractivity contribution in [1.29, 1.82) is 0 Å². The van der Waals surface area contributed by atoms with E-state index in [4.69, 9.17) is 5.73 Å². The summed E-state index contributed by atoms with van der Waals surface area (Å²) in [5.74, 6) is -0.328. The van der Waals surface area contributed by atoms with Crippen LogP contribution in [0.25, 0.3) is 0 Å². The lowest BCUT2D eigenvalue weighted by molar-refractivity contribution is -0.274. The molecule has 1 rings (SSSR count). The first-order valence-corrected chi connectivity index (χ1v) is 7.73. The van der Waals surface area contributed by atoms with Crippen LogP contribution in [0, 0.1) is 0 Å². The van der Waals surface area contributed by atoms with E-state index in [1.54, 1.807) is 0 Å². The van der Waals surface area contributed by atoms with Crippen LogP contribution in [0.4, 0.5) is 13.2 Å². The standard InChI is InChI=1S/C12H16F3NO3S/c1-8(20(2,17)18)11(16)7-9-3-5-10(6-4-9)19-12(13,14)15/h3-6,8,11H,7,16H2,1-2H3. The second-order valence-corrected chi connectivity index (χ2v) is 7.00. The zero-order valence-corrected chi connectivity index (χ0v) is 11.8. The van der Waals surface area contributed by atoms with Gasteiger partial charge in [0.2, 0.25) is 0 Å². The number of benzene rings is 1. The highest BCUT2D eigenvalue weighted by molar-refractivity contribution is 7.91. The molecule has 0 aromatic heterocycles. The Balaban J connectivity index is 2.71. The third-order valence-corrected chi connectivity index (χ3v) is 4.61. The van der Waals surface area contributed by atoms with Crippen molar-refractivity contribution in [3.63, 3.8) is 0 Å². The second-order valence-electron chi connectivity index (χ2n) is 4.59. The monoisotopic (exact) mass is 311 g/mol. The second kappa shape index (κ2) is 6.01. The van der Waals surface area contributed by atoms with E-state index in [0.29, 0.717) is 5.56 Å². The van der Waals surface area contributed by atoms with E-state index < -0.39 is 27.5 Å². The number of ether oxygens (including phenoxy) is 1. The van der Waals surface area contributed by atoms with Crippen molar-refractivity contribution >= 4 is 9.84 Å². The Morgan fingerprint density at radius 1 is 1.25 bits per heavy atom. The van der Waals surface area contributed by atoms with E-state index in [1.165, 1.54) is 31.2 Å². The lowest BCUT2D eigenvalue weighted by Gasteiger charge is -2.18. The van der Waals surface area contributed by atoms with E-state index in [9.17, 15) is 21.6 Å². The molecular weight excluding hydrogens is 295 g/mol. The van der Waals surface area contributed by atoms with E-state index in [1.807, 2.05) is 0 Å². The topological polar surface area (TPSA) is 69.4 Å². The fourth-order valence-corrected chi connectivity index (χ4v) is 2.31. The quantitative estimate of drug-likeness (QED) is 0.901. The summed E-state index contributed by atoms with van der Waals surface area (Å²) in [4.78, 5) is 0. The molecule has 0 aliphatic rings. The Kier molecular flexibility index (Phi) is 5.04. The Morgan fingerprint density at radius 2 is 1.75 bits per heavy atom. The smallest absolute Gasteiger partial charge is 0.406 e. The Bertz CT molecular complexity index is 540. The van der Waals surface area contributed by atoms with Gasteiger partial charge in [-0.1, -0.05) is 12.1 Å². The van der Waals surface area contributed by atoms with Crippen molar-refractivity contribution in [3.8, 4) is 5.75 Å². The van der Waals surface area contributed by atoms with Crippen LogP contribution in [0.15, 0.2) is 24.3 Å². The number of nitrogens with two attached hydrogens (primary N) is 1. The number of alkyl halides is 3. The zero-order chi connectivity index (χ0) is 15.6. The van der Waals surface area contributed by atoms with Crippen LogP contribution in [0.1, 0.15) is 12.5 Å². The van der Waals surface area contributed by atoms with E-state index in [-0.39, 0.29) is 12.2 Å². The molecule has 0 saturated carbocycles. The molecule has 8 heteroatoms. The average molecular weight is 311 g/mol. The van der Waals surface area contributed by atoms with Gasteiger partial charge in [0.05, 0.1) is 5.25 Å². The van der Waals surface area contributed by atoms with Crippen LogP contribution in [0.3, 0.4) is 0 Å². The average Bonchev–Trinajstić information content (AvgIpc) is 2.27. The summed E-state index contributed by atoms with van der Waals surface area (Å²) in [5, 5.41) is -0.728. The van der Waals surface area contributed by atoms with Gasteiger partial charge in [0.15, 0.2) is 9.84 Å². The van der Waals surface area contributed by atoms with Crippen molar-refractivity contribution in [2.75, 3.05) is 6.26 Å². The third-order valence-electron chi connectivity index (χ3n) is 2.91. The lowest BCUT2D eigenvalue weighted by Crippen LogP contribution is -2.39. The van der Waals surface area contributed by atoms with Crippen molar-refractivity contribution in [2.24, 2.45) is 5.73 Å². The van der Waals surface area contributed by atoms with Gasteiger partial charge in [0, 0.05) is 12.3 Å². The Morgan fingerprint density at radius 3 is 2.15 bits per heavy atom. The maximum atomic E-state index is 12.0. The maximum absolute atomic E-state index is 12.0. The van der Waals surface area contributed by atoms with Gasteiger partial charge in [-0.15, -0.1) is 13.2 Å². The molecule has 1 aromatic carbocycles. The van der Waals surface area contributed by atoms with Gasteiger partial charge in [-0.05, 0) is 31.0 Å². The van der Waals surface area contributed by atoms with Crippen molar-refractivity contribution in [1.82, 2.24) is 0 Å². The fraction of sp³-hybridized carbons (Fsp3) is 0.500. The molecule has 0 bridgehead atoms. The van der Waals surface area contributed by atoms with Gasteiger partial charge < -0.3 is 10.5 Å². The van der Waals surface area contributed by atoms with Gasteiger partial charge in [0.1, 0.15) is 5.75 Å². The number of hydrogen-bond donors (Lipinski definition) is 1. The molecule has 0 amide bonds. The van der Waals surface area contributed by atoms with Gasteiger partial charge in [-0.25, -0.2) is 8.42 Å². The molecule has 20 heavy (non-hydrogen) atoms. The van der Waals surface area contributed by atoms with Gasteiger partial charge >= 0.3 is 6.36 Å². The summed E-state index contributed by atoms with van der Waals surface area (Å²) in [6.45, 7) is 1.50. The van der Waals surface area contributed by atoms with Crippen LogP contribution < -0.4 is 10.5 Å². The van der Waals surface area contributed by atoms with Crippen molar-refractivity contribution in [2.45, 2.75) is 31.0 Å². The first-order chi connectivity index (χ1) is 8.99. The van der Waals surface area contributed by atoms with Crippen LogP contribution in [0.5, 0.6) is 5.75 Å². The highest BCUT2D eigenvalue weighted by Gasteiger charge is 2.31. The fourth-order valence-electron chi connectivity index (χ4n) is 1.58. The molecular formula is C12H16F3NO3S. The summed E-state index contributed by atoms with van der Waals surface area (Å²) >= 11 is 0. The Hall–Kier alpha value is -1.28. The molecule has 0 fully saturated rings. The maximum Gasteiger partial charge on any atom is 0.573 e. The molecule has 0 heterocycles. The van der Waals surface area contributed by atoms with E-state index in [2.05, 4.69) is 4.74 Å². The summed E-state index contributed by atoms with van der Waals surface area (Å²) in [6, 6.07) is 4.56. The van der Waals surface area contributed by atoms with Crippen molar-refractivity contribution < 1.29 is 26.3 Å². The lowest BCUT2D eigenvalue weighted by atomic mass is 10.0. The minimum atomic E-state index is -4.73. The highest BCUT2D eigenvalue weighted by Crippen LogP contribution is 2.23. The molecule has 2 N–H and O–H groups in total. The summed E-state index contributed by atoms with van der Waals surface area (Å²) in [5.41, 5.74) is 6.43. The number of halogens is 3. The largest absolute Gasteiger partial charge is 0.573 e. The predicted octanol–water partition coefficient (Wildman–Crippen LogP) is 1.89. The highest BCUT2D eigenvalue weighted by atomic mass is 32.2. The molecule has 1 aromatic rings. The summed E-state index contributed by atoms with van der Waals surface area (Å²) < 4.78 is 62.4. The molecule has 4 nitrogen and oxygen atoms in total. The van der Waals surface area contributed by atoms with Crippen LogP contribution >= 0.6 is 0 Å². The number of hydrogen-bond acceptors (Lipinski definition) is 4. The Labute approximate surface area is 115 Å². The minimum absolute atomic E-state index is 0.251. The SMILES string of the molecule is CC(C(N)Cc1ccc(OC(F)(F)F)cc1)S(C)(=O)=O. The minimum Gasteiger partial charge on any atom is -0.406 e. The van der Waals surface area contributed by atoms with Gasteiger partial charge in [-0.2, -0.15) is 0 Å². The van der Waals surface area contributed by atoms with E-state index in [0.717, 1.165) is 6.26 Å².